The highest BCUT2D eigenvalue weighted by atomic mass is 19.4. The van der Waals surface area contributed by atoms with Crippen LogP contribution in [-0.2, 0) is 6.18 Å². The molecule has 2 rings (SSSR count). The molecule has 12 heteroatoms. The summed E-state index contributed by atoms with van der Waals surface area (Å²) in [5.74, 6) is -3.56. The van der Waals surface area contributed by atoms with Gasteiger partial charge in [-0.2, -0.15) is 31.0 Å². The third-order valence-corrected chi connectivity index (χ3v) is 3.48. The molecule has 0 aliphatic carbocycles. The molecule has 1 aromatic carbocycles. The Balaban J connectivity index is 2.29. The van der Waals surface area contributed by atoms with Crippen molar-refractivity contribution in [3.05, 3.63) is 52.8 Å². The van der Waals surface area contributed by atoms with Crippen molar-refractivity contribution in [3.63, 3.8) is 0 Å². The Bertz CT molecular complexity index is 914. The fourth-order valence-electron chi connectivity index (χ4n) is 2.13. The molecule has 1 atom stereocenters. The molecular weight excluding hydrogens is 383 g/mol. The van der Waals surface area contributed by atoms with Gasteiger partial charge in [0.2, 0.25) is 5.84 Å². The molecule has 0 aliphatic rings. The van der Waals surface area contributed by atoms with E-state index in [0.29, 0.717) is 12.1 Å². The van der Waals surface area contributed by atoms with Gasteiger partial charge >= 0.3 is 12.4 Å². The minimum absolute atomic E-state index is 0.0440. The van der Waals surface area contributed by atoms with E-state index in [-0.39, 0.29) is 16.1 Å². The Hall–Kier alpha value is -2.92. The maximum atomic E-state index is 13.7. The fraction of sp³-hybridized carbons (Fsp3) is 0.267. The molecule has 0 spiro atoms. The van der Waals surface area contributed by atoms with Crippen molar-refractivity contribution >= 4 is 11.7 Å². The highest BCUT2D eigenvalue weighted by Crippen LogP contribution is 2.32. The highest BCUT2D eigenvalue weighted by molar-refractivity contribution is 5.85. The first-order valence-corrected chi connectivity index (χ1v) is 7.25. The number of hydrogen-bond donors (Lipinski definition) is 3. The number of rotatable bonds is 3. The van der Waals surface area contributed by atoms with Crippen molar-refractivity contribution in [3.8, 4) is 0 Å². The van der Waals surface area contributed by atoms with E-state index in [0.717, 1.165) is 18.2 Å². The van der Waals surface area contributed by atoms with Crippen LogP contribution in [0.5, 0.6) is 0 Å². The average Bonchev–Trinajstić information content (AvgIpc) is 2.53. The summed E-state index contributed by atoms with van der Waals surface area (Å²) in [6, 6.07) is 3.52. The van der Waals surface area contributed by atoms with E-state index in [1.165, 1.54) is 6.92 Å². The van der Waals surface area contributed by atoms with Crippen molar-refractivity contribution in [2.24, 2.45) is 0 Å². The van der Waals surface area contributed by atoms with Gasteiger partial charge in [-0.1, -0.05) is 6.07 Å². The van der Waals surface area contributed by atoms with Gasteiger partial charge in [0.1, 0.15) is 17.1 Å². The number of alkyl halides is 6. The molecule has 0 fully saturated rings. The largest absolute Gasteiger partial charge is 0.451 e. The second-order valence-electron chi connectivity index (χ2n) is 5.47. The molecule has 146 valence electrons. The minimum Gasteiger partial charge on any atom is -0.362 e. The summed E-state index contributed by atoms with van der Waals surface area (Å²) in [6.07, 6.45) is -9.89. The zero-order chi connectivity index (χ0) is 20.6. The number of nitrogens with zero attached hydrogens (tertiary/aromatic N) is 2. The number of aromatic nitrogens is 2. The molecule has 27 heavy (non-hydrogen) atoms. The number of halogens is 7. The molecule has 1 unspecified atom stereocenters. The fourth-order valence-corrected chi connectivity index (χ4v) is 2.13. The van der Waals surface area contributed by atoms with Gasteiger partial charge in [0.15, 0.2) is 0 Å². The van der Waals surface area contributed by atoms with Gasteiger partial charge in [0.05, 0.1) is 11.6 Å². The molecule has 0 amide bonds. The molecular formula is C15H12F7N5. The summed E-state index contributed by atoms with van der Waals surface area (Å²) in [5.41, 5.74) is -2.04. The second-order valence-corrected chi connectivity index (χ2v) is 5.47. The normalized spacial score (nSPS) is 13.3. The van der Waals surface area contributed by atoms with Crippen LogP contribution in [0.3, 0.4) is 0 Å². The van der Waals surface area contributed by atoms with Gasteiger partial charge in [0.25, 0.3) is 0 Å². The van der Waals surface area contributed by atoms with Crippen molar-refractivity contribution < 1.29 is 30.7 Å². The van der Waals surface area contributed by atoms with Crippen LogP contribution in [0.15, 0.2) is 30.3 Å². The third kappa shape index (κ3) is 4.63. The van der Waals surface area contributed by atoms with Crippen molar-refractivity contribution in [2.75, 3.05) is 5.32 Å². The first kappa shape index (κ1) is 20.4. The summed E-state index contributed by atoms with van der Waals surface area (Å²) in [7, 11) is 0. The van der Waals surface area contributed by atoms with E-state index in [9.17, 15) is 30.7 Å². The molecule has 1 heterocycles. The summed E-state index contributed by atoms with van der Waals surface area (Å²) < 4.78 is 89.3. The zero-order valence-electron chi connectivity index (χ0n) is 13.5. The Kier molecular flexibility index (Phi) is 5.29. The van der Waals surface area contributed by atoms with Crippen LogP contribution >= 0.6 is 0 Å². The predicted octanol–water partition coefficient (Wildman–Crippen LogP) is 4.08. The van der Waals surface area contributed by atoms with Crippen molar-refractivity contribution in [1.29, 1.82) is 10.8 Å². The van der Waals surface area contributed by atoms with Crippen molar-refractivity contribution in [2.45, 2.75) is 25.3 Å². The molecule has 2 aromatic rings. The van der Waals surface area contributed by atoms with Gasteiger partial charge < -0.3 is 5.32 Å². The molecule has 0 bridgehead atoms. The lowest BCUT2D eigenvalue weighted by molar-refractivity contribution is -0.140. The van der Waals surface area contributed by atoms with E-state index in [4.69, 9.17) is 10.8 Å². The molecule has 0 saturated carbocycles. The van der Waals surface area contributed by atoms with Crippen LogP contribution in [0.2, 0.25) is 0 Å². The maximum Gasteiger partial charge on any atom is 0.451 e. The standard InChI is InChI=1S/C15H12F7N5/c1-7(8-2-3-9(10(16)6-8)14(17,18)19)25-12-5-4-11(23)27(26-12)13(24)15(20,21)22/h2-7,23-24H,1H3,(H,25,26). The van der Waals surface area contributed by atoms with Crippen LogP contribution in [0.1, 0.15) is 24.1 Å². The van der Waals surface area contributed by atoms with E-state index in [1.807, 2.05) is 0 Å². The van der Waals surface area contributed by atoms with E-state index >= 15 is 0 Å². The quantitative estimate of drug-likeness (QED) is 0.416. The lowest BCUT2D eigenvalue weighted by atomic mass is 10.1. The summed E-state index contributed by atoms with van der Waals surface area (Å²) in [5, 5.41) is 20.5. The lowest BCUT2D eigenvalue weighted by Gasteiger charge is -2.18. The predicted molar refractivity (Wildman–Crippen MR) is 80.7 cm³/mol. The number of nitrogens with one attached hydrogen (secondary N) is 3. The Morgan fingerprint density at radius 2 is 1.74 bits per heavy atom. The average molecular weight is 395 g/mol. The van der Waals surface area contributed by atoms with Crippen LogP contribution < -0.4 is 10.8 Å². The third-order valence-electron chi connectivity index (χ3n) is 3.48. The van der Waals surface area contributed by atoms with E-state index in [1.54, 1.807) is 0 Å². The van der Waals surface area contributed by atoms with Crippen LogP contribution in [-0.4, -0.2) is 21.8 Å². The molecule has 0 radical (unpaired) electrons. The van der Waals surface area contributed by atoms with Crippen LogP contribution in [0.4, 0.5) is 36.6 Å². The monoisotopic (exact) mass is 395 g/mol. The minimum atomic E-state index is -5.03. The Morgan fingerprint density at radius 3 is 2.26 bits per heavy atom. The molecule has 1 aromatic heterocycles. The Labute approximate surface area is 147 Å². The lowest BCUT2D eigenvalue weighted by Crippen LogP contribution is -2.38. The summed E-state index contributed by atoms with van der Waals surface area (Å²) >= 11 is 0. The number of anilines is 1. The van der Waals surface area contributed by atoms with E-state index < -0.39 is 41.1 Å². The van der Waals surface area contributed by atoms with Crippen LogP contribution in [0.25, 0.3) is 0 Å². The maximum absolute atomic E-state index is 13.7. The highest BCUT2D eigenvalue weighted by Gasteiger charge is 2.37. The topological polar surface area (TPSA) is 77.5 Å². The number of benzene rings is 1. The zero-order valence-corrected chi connectivity index (χ0v) is 13.5. The first-order chi connectivity index (χ1) is 12.3. The molecule has 5 nitrogen and oxygen atoms in total. The molecule has 0 aliphatic heterocycles. The van der Waals surface area contributed by atoms with Gasteiger partial charge in [-0.25, -0.2) is 4.39 Å². The van der Waals surface area contributed by atoms with Gasteiger partial charge in [0, 0.05) is 0 Å². The van der Waals surface area contributed by atoms with Gasteiger partial charge in [-0.3, -0.25) is 10.8 Å². The molecule has 3 N–H and O–H groups in total. The first-order valence-electron chi connectivity index (χ1n) is 7.25. The SMILES string of the molecule is CC(Nc1ccc(=N)n(C(=N)C(F)(F)F)n1)c1ccc(C(F)(F)F)c(F)c1. The Morgan fingerprint density at radius 1 is 1.11 bits per heavy atom. The summed E-state index contributed by atoms with van der Waals surface area (Å²) in [6.45, 7) is 1.43. The smallest absolute Gasteiger partial charge is 0.362 e. The van der Waals surface area contributed by atoms with E-state index in [2.05, 4.69) is 10.4 Å². The van der Waals surface area contributed by atoms with Crippen molar-refractivity contribution in [1.82, 2.24) is 9.78 Å². The van der Waals surface area contributed by atoms with Gasteiger partial charge in [-0.05, 0) is 36.8 Å². The van der Waals surface area contributed by atoms with Gasteiger partial charge in [-0.15, -0.1) is 5.10 Å². The molecule has 0 saturated heterocycles. The summed E-state index contributed by atoms with van der Waals surface area (Å²) in [4.78, 5) is 0. The number of hydrogen-bond acceptors (Lipinski definition) is 4. The second kappa shape index (κ2) is 7.00. The van der Waals surface area contributed by atoms with Crippen LogP contribution in [0, 0.1) is 16.6 Å².